The zero-order chi connectivity index (χ0) is 17.5. The molecule has 0 aromatic heterocycles. The Hall–Kier alpha value is -1.19. The van der Waals surface area contributed by atoms with Gasteiger partial charge in [-0.3, -0.25) is 4.79 Å². The Balaban J connectivity index is 1.61. The third-order valence-corrected chi connectivity index (χ3v) is 5.90. The molecule has 1 aliphatic heterocycles. The number of rotatable bonds is 8. The van der Waals surface area contributed by atoms with Crippen molar-refractivity contribution in [2.24, 2.45) is 17.8 Å². The lowest BCUT2D eigenvalue weighted by Gasteiger charge is -2.37. The molecule has 0 radical (unpaired) electrons. The molecule has 1 saturated heterocycles. The highest BCUT2D eigenvalue weighted by molar-refractivity contribution is 5.82. The Morgan fingerprint density at radius 2 is 1.76 bits per heavy atom. The maximum Gasteiger partial charge on any atom is 0.167 e. The Morgan fingerprint density at radius 1 is 1.00 bits per heavy atom. The average molecular weight is 344 g/mol. The molecule has 3 nitrogen and oxygen atoms in total. The Bertz CT molecular complexity index is 521. The van der Waals surface area contributed by atoms with E-state index in [9.17, 15) is 4.79 Å². The molecule has 2 aliphatic rings. The summed E-state index contributed by atoms with van der Waals surface area (Å²) in [6.07, 6.45) is 8.62. The van der Waals surface area contributed by atoms with Crippen LogP contribution in [0.2, 0.25) is 0 Å². The van der Waals surface area contributed by atoms with Crippen molar-refractivity contribution in [2.75, 3.05) is 13.2 Å². The van der Waals surface area contributed by atoms with E-state index in [0.717, 1.165) is 19.3 Å². The number of benzene rings is 1. The molecule has 3 atom stereocenters. The molecule has 0 spiro atoms. The molecule has 3 rings (SSSR count). The summed E-state index contributed by atoms with van der Waals surface area (Å²) in [7, 11) is 0. The van der Waals surface area contributed by atoms with Gasteiger partial charge in [-0.2, -0.15) is 0 Å². The van der Waals surface area contributed by atoms with Crippen molar-refractivity contribution >= 4 is 5.78 Å². The Labute approximate surface area is 152 Å². The molecular weight excluding hydrogens is 312 g/mol. The zero-order valence-corrected chi connectivity index (χ0v) is 15.5. The first-order valence-electron chi connectivity index (χ1n) is 10.1. The third kappa shape index (κ3) is 5.15. The zero-order valence-electron chi connectivity index (χ0n) is 15.5. The summed E-state index contributed by atoms with van der Waals surface area (Å²) in [4.78, 5) is 12.7. The van der Waals surface area contributed by atoms with Crippen LogP contribution in [0.25, 0.3) is 0 Å². The second-order valence-corrected chi connectivity index (χ2v) is 7.66. The van der Waals surface area contributed by atoms with Gasteiger partial charge in [0.1, 0.15) is 5.78 Å². The molecule has 0 bridgehead atoms. The smallest absolute Gasteiger partial charge is 0.167 e. The number of hydrogen-bond acceptors (Lipinski definition) is 3. The molecule has 2 fully saturated rings. The standard InChI is InChI=1S/C22H32O3/c1-2-3-5-10-18-15-20(22-24-13-14-25-22)21(23)16-19(18)12-11-17-8-6-4-7-9-17/h4,6-9,18-20,22H,2-3,5,10-16H2,1H3. The van der Waals surface area contributed by atoms with Gasteiger partial charge >= 0.3 is 0 Å². The monoisotopic (exact) mass is 344 g/mol. The van der Waals surface area contributed by atoms with E-state index in [1.807, 2.05) is 0 Å². The minimum Gasteiger partial charge on any atom is -0.349 e. The SMILES string of the molecule is CCCCCC1CC(C2OCCO2)C(=O)CC1CCc1ccccc1. The number of carbonyl (C=O) groups excluding carboxylic acids is 1. The van der Waals surface area contributed by atoms with E-state index >= 15 is 0 Å². The summed E-state index contributed by atoms with van der Waals surface area (Å²) in [5.74, 6) is 1.46. The van der Waals surface area contributed by atoms with Gasteiger partial charge in [-0.25, -0.2) is 0 Å². The normalized spacial score (nSPS) is 27.7. The minimum atomic E-state index is -0.281. The van der Waals surface area contributed by atoms with Gasteiger partial charge in [0.2, 0.25) is 0 Å². The summed E-state index contributed by atoms with van der Waals surface area (Å²) in [5, 5.41) is 0. The Morgan fingerprint density at radius 3 is 2.48 bits per heavy atom. The maximum atomic E-state index is 12.7. The van der Waals surface area contributed by atoms with Crippen molar-refractivity contribution in [1.29, 1.82) is 0 Å². The molecule has 1 heterocycles. The number of carbonyl (C=O) groups is 1. The van der Waals surface area contributed by atoms with Crippen LogP contribution in [0.3, 0.4) is 0 Å². The van der Waals surface area contributed by atoms with Crippen molar-refractivity contribution < 1.29 is 14.3 Å². The molecule has 3 unspecified atom stereocenters. The van der Waals surface area contributed by atoms with E-state index in [1.54, 1.807) is 0 Å². The second kappa shape index (κ2) is 9.49. The number of ketones is 1. The lowest BCUT2D eigenvalue weighted by Crippen LogP contribution is -2.39. The number of aryl methyl sites for hydroxylation is 1. The highest BCUT2D eigenvalue weighted by atomic mass is 16.7. The lowest BCUT2D eigenvalue weighted by molar-refractivity contribution is -0.148. The van der Waals surface area contributed by atoms with Crippen molar-refractivity contribution in [3.8, 4) is 0 Å². The summed E-state index contributed by atoms with van der Waals surface area (Å²) >= 11 is 0. The molecule has 3 heteroatoms. The van der Waals surface area contributed by atoms with Gasteiger partial charge < -0.3 is 9.47 Å². The molecule has 1 aromatic rings. The first-order valence-corrected chi connectivity index (χ1v) is 10.1. The number of hydrogen-bond donors (Lipinski definition) is 0. The minimum absolute atomic E-state index is 0.0397. The van der Waals surface area contributed by atoms with Crippen LogP contribution in [0.5, 0.6) is 0 Å². The maximum absolute atomic E-state index is 12.7. The number of unbranched alkanes of at least 4 members (excludes halogenated alkanes) is 2. The van der Waals surface area contributed by atoms with Gasteiger partial charge in [0.15, 0.2) is 6.29 Å². The van der Waals surface area contributed by atoms with E-state index in [0.29, 0.717) is 37.3 Å². The fourth-order valence-corrected chi connectivity index (χ4v) is 4.44. The third-order valence-electron chi connectivity index (χ3n) is 5.90. The summed E-state index contributed by atoms with van der Waals surface area (Å²) in [6, 6.07) is 10.7. The molecule has 1 saturated carbocycles. The van der Waals surface area contributed by atoms with Gasteiger partial charge in [0.25, 0.3) is 0 Å². The molecule has 1 aromatic carbocycles. The number of Topliss-reactive ketones (excluding diaryl/α,β-unsaturated/α-hetero) is 1. The fraction of sp³-hybridized carbons (Fsp3) is 0.682. The fourth-order valence-electron chi connectivity index (χ4n) is 4.44. The van der Waals surface area contributed by atoms with E-state index in [2.05, 4.69) is 37.3 Å². The van der Waals surface area contributed by atoms with Crippen LogP contribution in [0, 0.1) is 17.8 Å². The van der Waals surface area contributed by atoms with Crippen LogP contribution >= 0.6 is 0 Å². The van der Waals surface area contributed by atoms with Crippen LogP contribution < -0.4 is 0 Å². The van der Waals surface area contributed by atoms with E-state index in [1.165, 1.54) is 31.2 Å². The van der Waals surface area contributed by atoms with E-state index < -0.39 is 0 Å². The van der Waals surface area contributed by atoms with Crippen molar-refractivity contribution in [1.82, 2.24) is 0 Å². The van der Waals surface area contributed by atoms with Gasteiger partial charge in [0.05, 0.1) is 19.1 Å². The molecule has 138 valence electrons. The second-order valence-electron chi connectivity index (χ2n) is 7.66. The van der Waals surface area contributed by atoms with Crippen molar-refractivity contribution in [2.45, 2.75) is 64.6 Å². The molecule has 0 amide bonds. The summed E-state index contributed by atoms with van der Waals surface area (Å²) < 4.78 is 11.3. The summed E-state index contributed by atoms with van der Waals surface area (Å²) in [5.41, 5.74) is 1.38. The number of ether oxygens (including phenoxy) is 2. The van der Waals surface area contributed by atoms with Crippen molar-refractivity contribution in [3.63, 3.8) is 0 Å². The molecular formula is C22H32O3. The van der Waals surface area contributed by atoms with Gasteiger partial charge in [-0.15, -0.1) is 0 Å². The van der Waals surface area contributed by atoms with Crippen LogP contribution in [0.1, 0.15) is 57.4 Å². The Kier molecular flexibility index (Phi) is 7.06. The topological polar surface area (TPSA) is 35.5 Å². The van der Waals surface area contributed by atoms with E-state index in [-0.39, 0.29) is 12.2 Å². The van der Waals surface area contributed by atoms with Gasteiger partial charge in [-0.05, 0) is 36.7 Å². The van der Waals surface area contributed by atoms with Crippen LogP contribution in [-0.4, -0.2) is 25.3 Å². The largest absolute Gasteiger partial charge is 0.349 e. The highest BCUT2D eigenvalue weighted by Gasteiger charge is 2.41. The highest BCUT2D eigenvalue weighted by Crippen LogP contribution is 2.40. The quantitative estimate of drug-likeness (QED) is 0.636. The van der Waals surface area contributed by atoms with Crippen LogP contribution in [0.4, 0.5) is 0 Å². The average Bonchev–Trinajstić information content (AvgIpc) is 3.17. The lowest BCUT2D eigenvalue weighted by atomic mass is 9.69. The van der Waals surface area contributed by atoms with Gasteiger partial charge in [0, 0.05) is 6.42 Å². The van der Waals surface area contributed by atoms with E-state index in [4.69, 9.17) is 9.47 Å². The molecule has 25 heavy (non-hydrogen) atoms. The first kappa shape index (κ1) is 18.6. The van der Waals surface area contributed by atoms with Crippen molar-refractivity contribution in [3.05, 3.63) is 35.9 Å². The predicted molar refractivity (Wildman–Crippen MR) is 99.3 cm³/mol. The van der Waals surface area contributed by atoms with Crippen LogP contribution in [0.15, 0.2) is 30.3 Å². The first-order chi connectivity index (χ1) is 12.3. The molecule has 0 N–H and O–H groups in total. The summed E-state index contributed by atoms with van der Waals surface area (Å²) in [6.45, 7) is 3.51. The van der Waals surface area contributed by atoms with Gasteiger partial charge in [-0.1, -0.05) is 62.9 Å². The molecule has 1 aliphatic carbocycles. The predicted octanol–water partition coefficient (Wildman–Crippen LogP) is 4.78. The van der Waals surface area contributed by atoms with Crippen LogP contribution in [-0.2, 0) is 20.7 Å².